The molecule has 1 aromatic heterocycles. The van der Waals surface area contributed by atoms with Crippen molar-refractivity contribution < 1.29 is 0 Å². The van der Waals surface area contributed by atoms with Gasteiger partial charge in [-0.3, -0.25) is 9.88 Å². The van der Waals surface area contributed by atoms with E-state index in [2.05, 4.69) is 20.9 Å². The van der Waals surface area contributed by atoms with Gasteiger partial charge in [0.1, 0.15) is 0 Å². The van der Waals surface area contributed by atoms with Gasteiger partial charge in [0.2, 0.25) is 0 Å². The summed E-state index contributed by atoms with van der Waals surface area (Å²) in [5.41, 5.74) is 6.73. The average Bonchev–Trinajstić information content (AvgIpc) is 2.38. The van der Waals surface area contributed by atoms with E-state index >= 15 is 0 Å². The molecule has 2 heterocycles. The van der Waals surface area contributed by atoms with Crippen LogP contribution in [0.3, 0.4) is 0 Å². The Morgan fingerprint density at radius 1 is 1.22 bits per heavy atom. The number of nitrogens with zero attached hydrogens (tertiary/aromatic N) is 3. The van der Waals surface area contributed by atoms with Gasteiger partial charge < -0.3 is 10.6 Å². The summed E-state index contributed by atoms with van der Waals surface area (Å²) in [6.07, 6.45) is 2.88. The van der Waals surface area contributed by atoms with Gasteiger partial charge in [-0.25, -0.2) is 0 Å². The van der Waals surface area contributed by atoms with Crippen molar-refractivity contribution in [3.63, 3.8) is 0 Å². The Hall–Kier alpha value is -1.04. The monoisotopic (exact) mass is 264 g/mol. The Morgan fingerprint density at radius 2 is 1.94 bits per heavy atom. The summed E-state index contributed by atoms with van der Waals surface area (Å²) in [6, 6.07) is 6.09. The quantitative estimate of drug-likeness (QED) is 0.786. The van der Waals surface area contributed by atoms with E-state index in [1.54, 1.807) is 0 Å². The van der Waals surface area contributed by atoms with E-state index in [0.29, 0.717) is 4.99 Å². The molecule has 0 bridgehead atoms. The molecule has 1 saturated heterocycles. The second-order valence-corrected chi connectivity index (χ2v) is 5.18. The zero-order valence-electron chi connectivity index (χ0n) is 10.6. The first-order valence-corrected chi connectivity index (χ1v) is 6.78. The average molecular weight is 264 g/mol. The van der Waals surface area contributed by atoms with Crippen molar-refractivity contribution >= 4 is 17.2 Å². The summed E-state index contributed by atoms with van der Waals surface area (Å²) in [5, 5.41) is 0. The van der Waals surface area contributed by atoms with E-state index < -0.39 is 0 Å². The first-order valence-electron chi connectivity index (χ1n) is 6.37. The molecule has 5 heteroatoms. The molecule has 0 radical (unpaired) electrons. The molecule has 2 N–H and O–H groups in total. The van der Waals surface area contributed by atoms with Crippen LogP contribution in [0, 0.1) is 0 Å². The van der Waals surface area contributed by atoms with Crippen LogP contribution in [0.15, 0.2) is 24.4 Å². The lowest BCUT2D eigenvalue weighted by atomic mass is 10.2. The van der Waals surface area contributed by atoms with Crippen LogP contribution < -0.4 is 5.73 Å². The number of piperazine rings is 1. The summed E-state index contributed by atoms with van der Waals surface area (Å²) < 4.78 is 0. The van der Waals surface area contributed by atoms with Crippen LogP contribution in [-0.4, -0.2) is 59.0 Å². The molecule has 0 amide bonds. The summed E-state index contributed by atoms with van der Waals surface area (Å²) in [4.78, 5) is 9.74. The fourth-order valence-corrected chi connectivity index (χ4v) is 2.39. The van der Waals surface area contributed by atoms with Crippen LogP contribution in [0.5, 0.6) is 0 Å². The summed E-state index contributed by atoms with van der Waals surface area (Å²) >= 11 is 4.94. The Bertz CT molecular complexity index is 374. The predicted molar refractivity (Wildman–Crippen MR) is 77.6 cm³/mol. The van der Waals surface area contributed by atoms with Gasteiger partial charge in [-0.15, -0.1) is 0 Å². The zero-order chi connectivity index (χ0) is 12.8. The normalized spacial score (nSPS) is 17.8. The molecule has 1 aliphatic heterocycles. The van der Waals surface area contributed by atoms with Crippen molar-refractivity contribution in [3.05, 3.63) is 30.1 Å². The predicted octanol–water partition coefficient (Wildman–Crippen LogP) is 0.528. The van der Waals surface area contributed by atoms with Gasteiger partial charge in [-0.2, -0.15) is 0 Å². The van der Waals surface area contributed by atoms with Gasteiger partial charge in [0.25, 0.3) is 0 Å². The van der Waals surface area contributed by atoms with E-state index in [9.17, 15) is 0 Å². The van der Waals surface area contributed by atoms with Crippen molar-refractivity contribution in [3.8, 4) is 0 Å². The molecule has 98 valence electrons. The number of rotatable bonds is 5. The number of aromatic nitrogens is 1. The lowest BCUT2D eigenvalue weighted by Gasteiger charge is -2.34. The van der Waals surface area contributed by atoms with Gasteiger partial charge in [-0.05, 0) is 12.1 Å². The molecular weight excluding hydrogens is 244 g/mol. The molecule has 0 atom stereocenters. The Kier molecular flexibility index (Phi) is 5.04. The second-order valence-electron chi connectivity index (χ2n) is 4.66. The van der Waals surface area contributed by atoms with Gasteiger partial charge in [0.05, 0.1) is 4.99 Å². The summed E-state index contributed by atoms with van der Waals surface area (Å²) in [6.45, 7) is 6.13. The largest absolute Gasteiger partial charge is 0.392 e. The van der Waals surface area contributed by atoms with Crippen molar-refractivity contribution in [1.82, 2.24) is 14.8 Å². The van der Waals surface area contributed by atoms with Gasteiger partial charge >= 0.3 is 0 Å². The first kappa shape index (κ1) is 13.4. The number of pyridine rings is 1. The third-order valence-corrected chi connectivity index (χ3v) is 3.38. The van der Waals surface area contributed by atoms with E-state index in [-0.39, 0.29) is 0 Å². The fraction of sp³-hybridized carbons (Fsp3) is 0.538. The number of hydrogen-bond acceptors (Lipinski definition) is 4. The molecule has 4 nitrogen and oxygen atoms in total. The smallest absolute Gasteiger partial charge is 0.0870 e. The number of nitrogens with two attached hydrogens (primary N) is 1. The molecule has 1 fully saturated rings. The van der Waals surface area contributed by atoms with E-state index in [1.165, 1.54) is 5.69 Å². The highest BCUT2D eigenvalue weighted by atomic mass is 32.1. The molecule has 0 spiro atoms. The van der Waals surface area contributed by atoms with E-state index in [1.807, 2.05) is 18.3 Å². The van der Waals surface area contributed by atoms with Crippen molar-refractivity contribution in [2.75, 3.05) is 39.3 Å². The molecule has 0 aliphatic carbocycles. The SMILES string of the molecule is NC(=S)CN1CCN(CCc2ccccn2)CC1. The lowest BCUT2D eigenvalue weighted by Crippen LogP contribution is -2.48. The first-order chi connectivity index (χ1) is 8.74. The summed E-state index contributed by atoms with van der Waals surface area (Å²) in [7, 11) is 0. The van der Waals surface area contributed by atoms with Crippen molar-refractivity contribution in [1.29, 1.82) is 0 Å². The molecule has 1 aromatic rings. The molecule has 1 aliphatic rings. The molecule has 0 unspecified atom stereocenters. The highest BCUT2D eigenvalue weighted by Gasteiger charge is 2.16. The van der Waals surface area contributed by atoms with Crippen molar-refractivity contribution in [2.24, 2.45) is 5.73 Å². The second kappa shape index (κ2) is 6.78. The Labute approximate surface area is 114 Å². The lowest BCUT2D eigenvalue weighted by molar-refractivity contribution is 0.147. The minimum atomic E-state index is 0.594. The van der Waals surface area contributed by atoms with Gasteiger partial charge in [-0.1, -0.05) is 18.3 Å². The molecule has 0 saturated carbocycles. The van der Waals surface area contributed by atoms with Gasteiger partial charge in [0.15, 0.2) is 0 Å². The molecule has 2 rings (SSSR count). The third-order valence-electron chi connectivity index (χ3n) is 3.25. The topological polar surface area (TPSA) is 45.4 Å². The zero-order valence-corrected chi connectivity index (χ0v) is 11.4. The van der Waals surface area contributed by atoms with Gasteiger partial charge in [0, 0.05) is 57.6 Å². The minimum Gasteiger partial charge on any atom is -0.392 e. The van der Waals surface area contributed by atoms with Crippen molar-refractivity contribution in [2.45, 2.75) is 6.42 Å². The van der Waals surface area contributed by atoms with Crippen LogP contribution >= 0.6 is 12.2 Å². The van der Waals surface area contributed by atoms with Crippen LogP contribution in [0.1, 0.15) is 5.69 Å². The highest BCUT2D eigenvalue weighted by Crippen LogP contribution is 2.03. The highest BCUT2D eigenvalue weighted by molar-refractivity contribution is 7.80. The maximum absolute atomic E-state index is 5.56. The fourth-order valence-electron chi connectivity index (χ4n) is 2.21. The van der Waals surface area contributed by atoms with Crippen LogP contribution in [0.25, 0.3) is 0 Å². The third kappa shape index (κ3) is 4.33. The standard InChI is InChI=1S/C13H20N4S/c14-13(18)11-17-9-7-16(8-10-17)6-4-12-3-1-2-5-15-12/h1-3,5H,4,6-11H2,(H2,14,18). The van der Waals surface area contributed by atoms with E-state index in [4.69, 9.17) is 18.0 Å². The Balaban J connectivity index is 1.69. The minimum absolute atomic E-state index is 0.594. The van der Waals surface area contributed by atoms with Crippen LogP contribution in [-0.2, 0) is 6.42 Å². The number of hydrogen-bond donors (Lipinski definition) is 1. The molecular formula is C13H20N4S. The Morgan fingerprint density at radius 3 is 2.56 bits per heavy atom. The number of thiocarbonyl (C=S) groups is 1. The van der Waals surface area contributed by atoms with Crippen LogP contribution in [0.2, 0.25) is 0 Å². The van der Waals surface area contributed by atoms with Crippen LogP contribution in [0.4, 0.5) is 0 Å². The maximum atomic E-state index is 5.56. The maximum Gasteiger partial charge on any atom is 0.0870 e. The molecule has 0 aromatic carbocycles. The van der Waals surface area contributed by atoms with E-state index in [0.717, 1.165) is 45.7 Å². The molecule has 18 heavy (non-hydrogen) atoms. The summed E-state index contributed by atoms with van der Waals surface area (Å²) in [5.74, 6) is 0.